The third-order valence-corrected chi connectivity index (χ3v) is 3.33. The van der Waals surface area contributed by atoms with Crippen molar-refractivity contribution >= 4 is 17.3 Å². The molecule has 0 aromatic heterocycles. The highest BCUT2D eigenvalue weighted by atomic mass is 16.1. The number of hydrogen-bond acceptors (Lipinski definition) is 3. The molecule has 4 heteroatoms. The molecule has 1 unspecified atom stereocenters. The maximum absolute atomic E-state index is 12.1. The van der Waals surface area contributed by atoms with Gasteiger partial charge in [-0.05, 0) is 43.5 Å². The Hall–Kier alpha value is -2.49. The Labute approximate surface area is 125 Å². The molecule has 0 radical (unpaired) electrons. The first-order valence-electron chi connectivity index (χ1n) is 7.05. The summed E-state index contributed by atoms with van der Waals surface area (Å²) in [7, 11) is 0. The molecule has 0 aliphatic heterocycles. The molecule has 0 saturated carbocycles. The standard InChI is InChI=1S/C17H21N3O/c1-12(7-8-13-5-3-2-4-6-13)20-17(21)14-9-15(18)11-16(19)10-14/h2-6,9-12H,7-8,18-19H2,1H3,(H,20,21). The fourth-order valence-electron chi connectivity index (χ4n) is 2.21. The van der Waals surface area contributed by atoms with Gasteiger partial charge in [0, 0.05) is 23.0 Å². The second kappa shape index (κ2) is 6.79. The highest BCUT2D eigenvalue weighted by Gasteiger charge is 2.11. The van der Waals surface area contributed by atoms with Crippen LogP contribution < -0.4 is 16.8 Å². The van der Waals surface area contributed by atoms with Crippen molar-refractivity contribution < 1.29 is 4.79 Å². The lowest BCUT2D eigenvalue weighted by molar-refractivity contribution is 0.0938. The normalized spacial score (nSPS) is 11.9. The maximum Gasteiger partial charge on any atom is 0.251 e. The lowest BCUT2D eigenvalue weighted by atomic mass is 10.1. The maximum atomic E-state index is 12.1. The van der Waals surface area contributed by atoms with Crippen LogP contribution in [-0.2, 0) is 6.42 Å². The van der Waals surface area contributed by atoms with Crippen LogP contribution in [0.25, 0.3) is 0 Å². The van der Waals surface area contributed by atoms with E-state index in [1.165, 1.54) is 5.56 Å². The van der Waals surface area contributed by atoms with Crippen LogP contribution in [0.4, 0.5) is 11.4 Å². The van der Waals surface area contributed by atoms with Crippen LogP contribution in [-0.4, -0.2) is 11.9 Å². The summed E-state index contributed by atoms with van der Waals surface area (Å²) >= 11 is 0. The van der Waals surface area contributed by atoms with E-state index >= 15 is 0 Å². The topological polar surface area (TPSA) is 81.1 Å². The molecule has 4 nitrogen and oxygen atoms in total. The lowest BCUT2D eigenvalue weighted by Crippen LogP contribution is -2.33. The minimum Gasteiger partial charge on any atom is -0.399 e. The zero-order chi connectivity index (χ0) is 15.2. The zero-order valence-electron chi connectivity index (χ0n) is 12.2. The highest BCUT2D eigenvalue weighted by Crippen LogP contribution is 2.14. The summed E-state index contributed by atoms with van der Waals surface area (Å²) in [6, 6.07) is 15.2. The van der Waals surface area contributed by atoms with Gasteiger partial charge in [-0.2, -0.15) is 0 Å². The molecule has 0 aliphatic rings. The number of benzene rings is 2. The molecular weight excluding hydrogens is 262 g/mol. The van der Waals surface area contributed by atoms with E-state index in [4.69, 9.17) is 11.5 Å². The van der Waals surface area contributed by atoms with Gasteiger partial charge in [-0.25, -0.2) is 0 Å². The Morgan fingerprint density at radius 1 is 1.10 bits per heavy atom. The van der Waals surface area contributed by atoms with Gasteiger partial charge in [0.05, 0.1) is 0 Å². The van der Waals surface area contributed by atoms with E-state index in [0.29, 0.717) is 16.9 Å². The van der Waals surface area contributed by atoms with Crippen molar-refractivity contribution in [3.63, 3.8) is 0 Å². The lowest BCUT2D eigenvalue weighted by Gasteiger charge is -2.14. The van der Waals surface area contributed by atoms with Crippen molar-refractivity contribution in [1.29, 1.82) is 0 Å². The molecule has 110 valence electrons. The molecule has 2 rings (SSSR count). The number of aryl methyl sites for hydroxylation is 1. The summed E-state index contributed by atoms with van der Waals surface area (Å²) in [5.74, 6) is -0.144. The smallest absolute Gasteiger partial charge is 0.251 e. The van der Waals surface area contributed by atoms with E-state index in [-0.39, 0.29) is 11.9 Å². The summed E-state index contributed by atoms with van der Waals surface area (Å²) in [6.45, 7) is 2.00. The van der Waals surface area contributed by atoms with Crippen LogP contribution >= 0.6 is 0 Å². The first-order chi connectivity index (χ1) is 10.0. The number of anilines is 2. The second-order valence-electron chi connectivity index (χ2n) is 5.29. The molecule has 0 saturated heterocycles. The molecule has 0 spiro atoms. The van der Waals surface area contributed by atoms with Gasteiger partial charge in [0.1, 0.15) is 0 Å². The highest BCUT2D eigenvalue weighted by molar-refractivity contribution is 5.96. The van der Waals surface area contributed by atoms with E-state index in [1.54, 1.807) is 18.2 Å². The first kappa shape index (κ1) is 14.9. The van der Waals surface area contributed by atoms with Gasteiger partial charge in [-0.15, -0.1) is 0 Å². The number of nitrogens with one attached hydrogen (secondary N) is 1. The fourth-order valence-corrected chi connectivity index (χ4v) is 2.21. The number of amides is 1. The van der Waals surface area contributed by atoms with Gasteiger partial charge in [0.15, 0.2) is 0 Å². The van der Waals surface area contributed by atoms with Crippen molar-refractivity contribution in [2.24, 2.45) is 0 Å². The van der Waals surface area contributed by atoms with Gasteiger partial charge < -0.3 is 16.8 Å². The van der Waals surface area contributed by atoms with Crippen LogP contribution in [0.2, 0.25) is 0 Å². The average Bonchev–Trinajstić information content (AvgIpc) is 2.45. The van der Waals surface area contributed by atoms with Gasteiger partial charge in [0.2, 0.25) is 0 Å². The van der Waals surface area contributed by atoms with Gasteiger partial charge >= 0.3 is 0 Å². The van der Waals surface area contributed by atoms with Crippen LogP contribution in [0.1, 0.15) is 29.3 Å². The Bertz CT molecular complexity index is 590. The molecule has 0 heterocycles. The van der Waals surface area contributed by atoms with Crippen LogP contribution in [0, 0.1) is 0 Å². The van der Waals surface area contributed by atoms with Crippen molar-refractivity contribution in [3.8, 4) is 0 Å². The summed E-state index contributed by atoms with van der Waals surface area (Å²) in [5, 5.41) is 2.97. The van der Waals surface area contributed by atoms with E-state index in [9.17, 15) is 4.79 Å². The number of nitrogen functional groups attached to an aromatic ring is 2. The summed E-state index contributed by atoms with van der Waals surface area (Å²) in [4.78, 5) is 12.1. The molecule has 5 N–H and O–H groups in total. The quantitative estimate of drug-likeness (QED) is 0.738. The summed E-state index contributed by atoms with van der Waals surface area (Å²) < 4.78 is 0. The third kappa shape index (κ3) is 4.53. The number of carbonyl (C=O) groups excluding carboxylic acids is 1. The van der Waals surface area contributed by atoms with Crippen molar-refractivity contribution in [3.05, 3.63) is 59.7 Å². The van der Waals surface area contributed by atoms with E-state index in [2.05, 4.69) is 17.4 Å². The molecule has 1 amide bonds. The van der Waals surface area contributed by atoms with E-state index in [0.717, 1.165) is 12.8 Å². The molecule has 0 bridgehead atoms. The SMILES string of the molecule is CC(CCc1ccccc1)NC(=O)c1cc(N)cc(N)c1. The predicted molar refractivity (Wildman–Crippen MR) is 87.0 cm³/mol. The van der Waals surface area contributed by atoms with Crippen molar-refractivity contribution in [2.75, 3.05) is 11.5 Å². The minimum absolute atomic E-state index is 0.0837. The van der Waals surface area contributed by atoms with Crippen LogP contribution in [0.15, 0.2) is 48.5 Å². The van der Waals surface area contributed by atoms with E-state index < -0.39 is 0 Å². The van der Waals surface area contributed by atoms with Crippen LogP contribution in [0.3, 0.4) is 0 Å². The molecular formula is C17H21N3O. The Morgan fingerprint density at radius 3 is 2.33 bits per heavy atom. The molecule has 2 aromatic rings. The monoisotopic (exact) mass is 283 g/mol. The summed E-state index contributed by atoms with van der Waals surface area (Å²) in [6.07, 6.45) is 1.81. The van der Waals surface area contributed by atoms with Crippen molar-refractivity contribution in [1.82, 2.24) is 5.32 Å². The van der Waals surface area contributed by atoms with Crippen molar-refractivity contribution in [2.45, 2.75) is 25.8 Å². The number of carbonyl (C=O) groups is 1. The van der Waals surface area contributed by atoms with Crippen LogP contribution in [0.5, 0.6) is 0 Å². The number of rotatable bonds is 5. The zero-order valence-corrected chi connectivity index (χ0v) is 12.2. The number of hydrogen-bond donors (Lipinski definition) is 3. The molecule has 21 heavy (non-hydrogen) atoms. The molecule has 0 fully saturated rings. The Morgan fingerprint density at radius 2 is 1.71 bits per heavy atom. The summed E-state index contributed by atoms with van der Waals surface area (Å²) in [5.41, 5.74) is 14.2. The molecule has 1 atom stereocenters. The first-order valence-corrected chi connectivity index (χ1v) is 7.05. The predicted octanol–water partition coefficient (Wildman–Crippen LogP) is 2.60. The number of nitrogens with two attached hydrogens (primary N) is 2. The third-order valence-electron chi connectivity index (χ3n) is 3.33. The molecule has 0 aliphatic carbocycles. The average molecular weight is 283 g/mol. The van der Waals surface area contributed by atoms with Gasteiger partial charge in [-0.3, -0.25) is 4.79 Å². The fraction of sp³-hybridized carbons (Fsp3) is 0.235. The second-order valence-corrected chi connectivity index (χ2v) is 5.29. The minimum atomic E-state index is -0.144. The molecule has 2 aromatic carbocycles. The van der Waals surface area contributed by atoms with Gasteiger partial charge in [0.25, 0.3) is 5.91 Å². The Kier molecular flexibility index (Phi) is 4.82. The van der Waals surface area contributed by atoms with Gasteiger partial charge in [-0.1, -0.05) is 30.3 Å². The van der Waals surface area contributed by atoms with E-state index in [1.807, 2.05) is 25.1 Å². The Balaban J connectivity index is 1.90. The largest absolute Gasteiger partial charge is 0.399 e.